The molecule has 1 aromatic rings. The first-order valence-electron chi connectivity index (χ1n) is 7.97. The maximum absolute atomic E-state index is 3.77. The largest absolute Gasteiger partial charge is 0.369 e. The van der Waals surface area contributed by atoms with E-state index in [0.29, 0.717) is 12.1 Å². The molecule has 4 heteroatoms. The maximum atomic E-state index is 3.77. The van der Waals surface area contributed by atoms with Gasteiger partial charge in [0.05, 0.1) is 5.69 Å². The van der Waals surface area contributed by atoms with Crippen LogP contribution in [0.2, 0.25) is 0 Å². The highest BCUT2D eigenvalue weighted by Crippen LogP contribution is 2.31. The third-order valence-electron chi connectivity index (χ3n) is 4.51. The lowest BCUT2D eigenvalue weighted by Gasteiger charge is -2.37. The quantitative estimate of drug-likeness (QED) is 0.871. The molecule has 0 bridgehead atoms. The Hall–Kier alpha value is -0.580. The van der Waals surface area contributed by atoms with Gasteiger partial charge < -0.3 is 15.1 Å². The molecule has 1 fully saturated rings. The normalized spacial score (nSPS) is 21.3. The van der Waals surface area contributed by atoms with Gasteiger partial charge in [0, 0.05) is 30.1 Å². The van der Waals surface area contributed by atoms with E-state index in [1.807, 2.05) is 0 Å². The Labute approximate surface area is 137 Å². The molecule has 1 aromatic carbocycles. The summed E-state index contributed by atoms with van der Waals surface area (Å²) in [6.45, 7) is 7.73. The number of likely N-dealkylation sites (tertiary alicyclic amines) is 1. The summed E-state index contributed by atoms with van der Waals surface area (Å²) < 4.78 is 1.19. The van der Waals surface area contributed by atoms with Gasteiger partial charge in [0.25, 0.3) is 0 Å². The number of benzene rings is 1. The lowest BCUT2D eigenvalue weighted by molar-refractivity contribution is 0.248. The van der Waals surface area contributed by atoms with Crippen molar-refractivity contribution in [1.82, 2.24) is 10.2 Å². The first kappa shape index (κ1) is 16.8. The van der Waals surface area contributed by atoms with Crippen LogP contribution in [0.3, 0.4) is 0 Å². The van der Waals surface area contributed by atoms with Crippen molar-refractivity contribution in [2.75, 3.05) is 38.6 Å². The number of likely N-dealkylation sites (N-methyl/N-ethyl adjacent to an activating group) is 2. The van der Waals surface area contributed by atoms with Crippen LogP contribution in [0.1, 0.15) is 38.3 Å². The summed E-state index contributed by atoms with van der Waals surface area (Å²) in [7, 11) is 4.44. The highest BCUT2D eigenvalue weighted by atomic mass is 79.9. The molecule has 1 saturated heterocycles. The molecule has 2 unspecified atom stereocenters. The number of hydrogen-bond donors (Lipinski definition) is 1. The standard InChI is InChI=1S/C17H28BrN3/c1-5-19-13(2)14-8-9-17(16(18)11-14)21(4)15-7-6-10-20(3)12-15/h8-9,11,13,15,19H,5-7,10,12H2,1-4H3. The molecule has 0 spiro atoms. The van der Waals surface area contributed by atoms with Crippen molar-refractivity contribution in [2.45, 2.75) is 38.8 Å². The second kappa shape index (κ2) is 7.61. The van der Waals surface area contributed by atoms with Crippen LogP contribution in [0, 0.1) is 0 Å². The van der Waals surface area contributed by atoms with Crippen LogP contribution in [0.4, 0.5) is 5.69 Å². The lowest BCUT2D eigenvalue weighted by atomic mass is 10.0. The van der Waals surface area contributed by atoms with Crippen molar-refractivity contribution in [1.29, 1.82) is 0 Å². The highest BCUT2D eigenvalue weighted by molar-refractivity contribution is 9.10. The average Bonchev–Trinajstić information content (AvgIpc) is 2.46. The van der Waals surface area contributed by atoms with Crippen molar-refractivity contribution in [3.8, 4) is 0 Å². The molecule has 0 radical (unpaired) electrons. The predicted octanol–water partition coefficient (Wildman–Crippen LogP) is 3.65. The van der Waals surface area contributed by atoms with E-state index in [2.05, 4.69) is 77.2 Å². The molecule has 0 amide bonds. The van der Waals surface area contributed by atoms with Crippen LogP contribution >= 0.6 is 15.9 Å². The van der Waals surface area contributed by atoms with Crippen LogP contribution in [-0.4, -0.2) is 44.7 Å². The van der Waals surface area contributed by atoms with Gasteiger partial charge in [0.15, 0.2) is 0 Å². The van der Waals surface area contributed by atoms with Crippen LogP contribution in [0.5, 0.6) is 0 Å². The van der Waals surface area contributed by atoms with Crippen molar-refractivity contribution in [2.24, 2.45) is 0 Å². The Morgan fingerprint density at radius 3 is 2.86 bits per heavy atom. The Morgan fingerprint density at radius 2 is 2.24 bits per heavy atom. The summed E-state index contributed by atoms with van der Waals surface area (Å²) in [6.07, 6.45) is 2.57. The number of rotatable bonds is 5. The van der Waals surface area contributed by atoms with Gasteiger partial charge in [-0.1, -0.05) is 13.0 Å². The molecule has 1 N–H and O–H groups in total. The van der Waals surface area contributed by atoms with E-state index in [4.69, 9.17) is 0 Å². The molecule has 2 atom stereocenters. The Kier molecular flexibility index (Phi) is 6.08. The molecule has 0 aromatic heterocycles. The summed E-state index contributed by atoms with van der Waals surface area (Å²) in [5.74, 6) is 0. The predicted molar refractivity (Wildman–Crippen MR) is 95.2 cm³/mol. The second-order valence-corrected chi connectivity index (χ2v) is 7.01. The summed E-state index contributed by atoms with van der Waals surface area (Å²) in [5, 5.41) is 3.47. The van der Waals surface area contributed by atoms with Gasteiger partial charge in [-0.25, -0.2) is 0 Å². The minimum Gasteiger partial charge on any atom is -0.369 e. The second-order valence-electron chi connectivity index (χ2n) is 6.16. The van der Waals surface area contributed by atoms with Gasteiger partial charge in [-0.15, -0.1) is 0 Å². The molecule has 1 aliphatic rings. The topological polar surface area (TPSA) is 18.5 Å². The molecular weight excluding hydrogens is 326 g/mol. The molecule has 0 saturated carbocycles. The zero-order valence-electron chi connectivity index (χ0n) is 13.7. The van der Waals surface area contributed by atoms with E-state index in [1.165, 1.54) is 35.1 Å². The van der Waals surface area contributed by atoms with E-state index in [-0.39, 0.29) is 0 Å². The molecule has 3 nitrogen and oxygen atoms in total. The van der Waals surface area contributed by atoms with Gasteiger partial charge in [0.1, 0.15) is 0 Å². The number of hydrogen-bond acceptors (Lipinski definition) is 3. The summed E-state index contributed by atoms with van der Waals surface area (Å²) in [5.41, 5.74) is 2.63. The number of nitrogens with one attached hydrogen (secondary N) is 1. The third-order valence-corrected chi connectivity index (χ3v) is 5.14. The highest BCUT2D eigenvalue weighted by Gasteiger charge is 2.22. The molecule has 0 aliphatic carbocycles. The summed E-state index contributed by atoms with van der Waals surface area (Å²) >= 11 is 3.77. The van der Waals surface area contributed by atoms with Crippen molar-refractivity contribution >= 4 is 21.6 Å². The number of piperidine rings is 1. The molecule has 1 aliphatic heterocycles. The van der Waals surface area contributed by atoms with Gasteiger partial charge in [0.2, 0.25) is 0 Å². The Morgan fingerprint density at radius 1 is 1.48 bits per heavy atom. The fourth-order valence-electron chi connectivity index (χ4n) is 3.15. The van der Waals surface area contributed by atoms with Crippen LogP contribution in [-0.2, 0) is 0 Å². The minimum atomic E-state index is 0.395. The SMILES string of the molecule is CCNC(C)c1ccc(N(C)C2CCCN(C)C2)c(Br)c1. The fraction of sp³-hybridized carbons (Fsp3) is 0.647. The number of anilines is 1. The minimum absolute atomic E-state index is 0.395. The molecule has 1 heterocycles. The lowest BCUT2D eigenvalue weighted by Crippen LogP contribution is -2.45. The fourth-order valence-corrected chi connectivity index (χ4v) is 3.83. The van der Waals surface area contributed by atoms with E-state index in [9.17, 15) is 0 Å². The summed E-state index contributed by atoms with van der Waals surface area (Å²) in [6, 6.07) is 7.76. The van der Waals surface area contributed by atoms with E-state index in [0.717, 1.165) is 13.1 Å². The molecule has 118 valence electrons. The Balaban J connectivity index is 2.12. The van der Waals surface area contributed by atoms with Crippen LogP contribution < -0.4 is 10.2 Å². The van der Waals surface area contributed by atoms with Crippen molar-refractivity contribution in [3.63, 3.8) is 0 Å². The van der Waals surface area contributed by atoms with Gasteiger partial charge >= 0.3 is 0 Å². The molecule has 2 rings (SSSR count). The molecule has 21 heavy (non-hydrogen) atoms. The van der Waals surface area contributed by atoms with Gasteiger partial charge in [-0.2, -0.15) is 0 Å². The number of halogens is 1. The third kappa shape index (κ3) is 4.21. The Bertz CT molecular complexity index is 463. The van der Waals surface area contributed by atoms with Crippen LogP contribution in [0.15, 0.2) is 22.7 Å². The number of nitrogens with zero attached hydrogens (tertiary/aromatic N) is 2. The van der Waals surface area contributed by atoms with E-state index in [1.54, 1.807) is 0 Å². The average molecular weight is 354 g/mol. The van der Waals surface area contributed by atoms with Crippen LogP contribution in [0.25, 0.3) is 0 Å². The first-order chi connectivity index (χ1) is 10.0. The first-order valence-corrected chi connectivity index (χ1v) is 8.76. The zero-order valence-corrected chi connectivity index (χ0v) is 15.3. The van der Waals surface area contributed by atoms with E-state index >= 15 is 0 Å². The van der Waals surface area contributed by atoms with E-state index < -0.39 is 0 Å². The maximum Gasteiger partial charge on any atom is 0.0511 e. The molecular formula is C17H28BrN3. The smallest absolute Gasteiger partial charge is 0.0511 e. The van der Waals surface area contributed by atoms with Crippen molar-refractivity contribution in [3.05, 3.63) is 28.2 Å². The van der Waals surface area contributed by atoms with Gasteiger partial charge in [-0.05, 0) is 73.5 Å². The summed E-state index contributed by atoms with van der Waals surface area (Å²) in [4.78, 5) is 4.86. The van der Waals surface area contributed by atoms with Crippen molar-refractivity contribution < 1.29 is 0 Å². The van der Waals surface area contributed by atoms with Gasteiger partial charge in [-0.3, -0.25) is 0 Å². The monoisotopic (exact) mass is 353 g/mol. The zero-order chi connectivity index (χ0) is 15.4.